The van der Waals surface area contributed by atoms with E-state index in [-0.39, 0.29) is 11.1 Å². The third-order valence-electron chi connectivity index (χ3n) is 5.70. The molecule has 36 heavy (non-hydrogen) atoms. The molecule has 1 atom stereocenters. The van der Waals surface area contributed by atoms with Gasteiger partial charge < -0.3 is 18.9 Å². The summed E-state index contributed by atoms with van der Waals surface area (Å²) < 4.78 is 23.6. The van der Waals surface area contributed by atoms with Crippen molar-refractivity contribution >= 4 is 35.0 Å². The van der Waals surface area contributed by atoms with E-state index in [1.54, 1.807) is 44.4 Å². The number of hydrogen-bond donors (Lipinski definition) is 0. The van der Waals surface area contributed by atoms with Gasteiger partial charge in [-0.1, -0.05) is 29.0 Å². The van der Waals surface area contributed by atoms with E-state index in [0.29, 0.717) is 49.5 Å². The summed E-state index contributed by atoms with van der Waals surface area (Å²) in [5.74, 6) is 1.06. The number of methoxy groups -OCH3 is 3. The molecule has 0 saturated heterocycles. The van der Waals surface area contributed by atoms with Crippen molar-refractivity contribution in [1.82, 2.24) is 4.57 Å². The number of halogens is 1. The fourth-order valence-electron chi connectivity index (χ4n) is 4.11. The van der Waals surface area contributed by atoms with Crippen LogP contribution in [0, 0.1) is 0 Å². The molecule has 0 unspecified atom stereocenters. The molecule has 1 aliphatic rings. The van der Waals surface area contributed by atoms with E-state index < -0.39 is 12.0 Å². The van der Waals surface area contributed by atoms with E-state index in [1.807, 2.05) is 19.1 Å². The first-order chi connectivity index (χ1) is 17.3. The van der Waals surface area contributed by atoms with Crippen LogP contribution >= 0.6 is 22.9 Å². The van der Waals surface area contributed by atoms with Gasteiger partial charge in [0.05, 0.1) is 43.7 Å². The number of allylic oxidation sites excluding steroid dienone is 1. The summed E-state index contributed by atoms with van der Waals surface area (Å²) in [6.07, 6.45) is 1.76. The van der Waals surface area contributed by atoms with E-state index in [4.69, 9.17) is 30.5 Å². The third-order valence-corrected chi connectivity index (χ3v) is 6.92. The Morgan fingerprint density at radius 2 is 1.83 bits per heavy atom. The van der Waals surface area contributed by atoms with Crippen LogP contribution in [0.2, 0.25) is 5.02 Å². The smallest absolute Gasteiger partial charge is 0.338 e. The minimum atomic E-state index is -0.834. The van der Waals surface area contributed by atoms with Crippen molar-refractivity contribution in [3.8, 4) is 17.2 Å². The number of thiazole rings is 1. The molecule has 1 aromatic heterocycles. The van der Waals surface area contributed by atoms with E-state index in [9.17, 15) is 9.59 Å². The van der Waals surface area contributed by atoms with Gasteiger partial charge in [0.25, 0.3) is 5.56 Å². The van der Waals surface area contributed by atoms with Crippen LogP contribution in [0.4, 0.5) is 0 Å². The second-order valence-corrected chi connectivity index (χ2v) is 9.25. The summed E-state index contributed by atoms with van der Waals surface area (Å²) >= 11 is 7.53. The molecule has 3 aromatic rings. The van der Waals surface area contributed by atoms with Crippen LogP contribution in [0.3, 0.4) is 0 Å². The number of ether oxygens (including phenoxy) is 4. The second kappa shape index (κ2) is 10.6. The number of carbonyl (C=O) groups excluding carboxylic acids is 1. The molecule has 0 N–H and O–H groups in total. The van der Waals surface area contributed by atoms with E-state index >= 15 is 0 Å². The maximum absolute atomic E-state index is 13.8. The van der Waals surface area contributed by atoms with Crippen LogP contribution in [0.15, 0.2) is 57.5 Å². The SMILES string of the molecule is CCOc1cc(/C=c2\sc3n(c2=O)[C@H](c2cc(Cl)ccc2OC)C(C(=O)OC)=C(C)N=3)ccc1OC. The van der Waals surface area contributed by atoms with Gasteiger partial charge in [-0.25, -0.2) is 9.79 Å². The lowest BCUT2D eigenvalue weighted by molar-refractivity contribution is -0.136. The number of hydrogen-bond acceptors (Lipinski definition) is 8. The number of fused-ring (bicyclic) bond motifs is 1. The number of aromatic nitrogens is 1. The van der Waals surface area contributed by atoms with Gasteiger partial charge >= 0.3 is 5.97 Å². The van der Waals surface area contributed by atoms with Crippen molar-refractivity contribution < 1.29 is 23.7 Å². The standard InChI is InChI=1S/C26H25ClN2O6S/c1-6-35-20-11-15(7-9-19(20)33-4)12-21-24(30)29-23(17-13-16(27)8-10-18(17)32-3)22(25(31)34-5)14(2)28-26(29)36-21/h7-13,23H,6H2,1-5H3/b21-12-/t23-/m1/s1. The molecule has 2 heterocycles. The average molecular weight is 529 g/mol. The summed E-state index contributed by atoms with van der Waals surface area (Å²) in [4.78, 5) is 31.6. The minimum Gasteiger partial charge on any atom is -0.496 e. The van der Waals surface area contributed by atoms with Crippen LogP contribution in [0.25, 0.3) is 6.08 Å². The summed E-state index contributed by atoms with van der Waals surface area (Å²) in [6.45, 7) is 4.07. The number of carbonyl (C=O) groups is 1. The molecular formula is C26H25ClN2O6S. The molecule has 2 aromatic carbocycles. The largest absolute Gasteiger partial charge is 0.496 e. The van der Waals surface area contributed by atoms with Crippen molar-refractivity contribution in [1.29, 1.82) is 0 Å². The lowest BCUT2D eigenvalue weighted by atomic mass is 9.95. The molecule has 0 radical (unpaired) electrons. The Morgan fingerprint density at radius 1 is 1.11 bits per heavy atom. The van der Waals surface area contributed by atoms with Gasteiger partial charge in [0.1, 0.15) is 11.8 Å². The number of benzene rings is 2. The monoisotopic (exact) mass is 528 g/mol. The van der Waals surface area contributed by atoms with E-state index in [1.165, 1.54) is 30.1 Å². The van der Waals surface area contributed by atoms with Gasteiger partial charge in [-0.05, 0) is 55.8 Å². The first-order valence-electron chi connectivity index (χ1n) is 11.1. The van der Waals surface area contributed by atoms with Crippen molar-refractivity contribution in [3.63, 3.8) is 0 Å². The van der Waals surface area contributed by atoms with Crippen molar-refractivity contribution in [2.24, 2.45) is 4.99 Å². The molecule has 0 bridgehead atoms. The highest BCUT2D eigenvalue weighted by atomic mass is 35.5. The summed E-state index contributed by atoms with van der Waals surface area (Å²) in [6, 6.07) is 9.66. The fourth-order valence-corrected chi connectivity index (χ4v) is 5.34. The quantitative estimate of drug-likeness (QED) is 0.436. The zero-order valence-corrected chi connectivity index (χ0v) is 22.0. The van der Waals surface area contributed by atoms with Gasteiger partial charge in [-0.15, -0.1) is 0 Å². The molecule has 188 valence electrons. The molecule has 0 amide bonds. The van der Waals surface area contributed by atoms with Crippen LogP contribution in [-0.4, -0.2) is 38.5 Å². The molecule has 1 aliphatic heterocycles. The zero-order valence-electron chi connectivity index (χ0n) is 20.5. The Balaban J connectivity index is 1.97. The first-order valence-corrected chi connectivity index (χ1v) is 12.3. The van der Waals surface area contributed by atoms with E-state index in [2.05, 4.69) is 4.99 Å². The first kappa shape index (κ1) is 25.5. The van der Waals surface area contributed by atoms with E-state index in [0.717, 1.165) is 5.56 Å². The molecule has 10 heteroatoms. The highest BCUT2D eigenvalue weighted by molar-refractivity contribution is 7.07. The number of rotatable bonds is 7. The Kier molecular flexibility index (Phi) is 7.51. The van der Waals surface area contributed by atoms with Gasteiger partial charge in [-0.2, -0.15) is 0 Å². The topological polar surface area (TPSA) is 88.4 Å². The molecule has 0 saturated carbocycles. The van der Waals surface area contributed by atoms with Gasteiger partial charge in [0.2, 0.25) is 0 Å². The van der Waals surface area contributed by atoms with Crippen molar-refractivity contribution in [2.75, 3.05) is 27.9 Å². The molecular weight excluding hydrogens is 504 g/mol. The molecule has 4 rings (SSSR count). The van der Waals surface area contributed by atoms with Crippen LogP contribution in [0.5, 0.6) is 17.2 Å². The van der Waals surface area contributed by atoms with Crippen molar-refractivity contribution in [2.45, 2.75) is 19.9 Å². The lowest BCUT2D eigenvalue weighted by Crippen LogP contribution is -2.40. The summed E-state index contributed by atoms with van der Waals surface area (Å²) in [5, 5.41) is 0.438. The molecule has 0 fully saturated rings. The van der Waals surface area contributed by atoms with Gasteiger partial charge in [0.15, 0.2) is 16.3 Å². The third kappa shape index (κ3) is 4.64. The maximum Gasteiger partial charge on any atom is 0.338 e. The van der Waals surface area contributed by atoms with Crippen molar-refractivity contribution in [3.05, 3.63) is 83.5 Å². The number of esters is 1. The summed E-state index contributed by atoms with van der Waals surface area (Å²) in [7, 11) is 4.38. The minimum absolute atomic E-state index is 0.236. The Labute approximate surface area is 216 Å². The zero-order chi connectivity index (χ0) is 26.0. The Bertz CT molecular complexity index is 1540. The second-order valence-electron chi connectivity index (χ2n) is 7.80. The van der Waals surface area contributed by atoms with Crippen LogP contribution in [-0.2, 0) is 9.53 Å². The fraction of sp³-hybridized carbons (Fsp3) is 0.269. The Hall–Kier alpha value is -3.56. The maximum atomic E-state index is 13.8. The molecule has 0 aliphatic carbocycles. The predicted molar refractivity (Wildman–Crippen MR) is 138 cm³/mol. The van der Waals surface area contributed by atoms with Gasteiger partial charge in [0, 0.05) is 10.6 Å². The summed E-state index contributed by atoms with van der Waals surface area (Å²) in [5.41, 5.74) is 1.68. The molecule has 0 spiro atoms. The van der Waals surface area contributed by atoms with Crippen LogP contribution < -0.4 is 29.1 Å². The molecule has 8 nitrogen and oxygen atoms in total. The number of nitrogens with zero attached hydrogens (tertiary/aromatic N) is 2. The average Bonchev–Trinajstić information content (AvgIpc) is 3.17. The normalized spacial score (nSPS) is 15.3. The Morgan fingerprint density at radius 3 is 2.50 bits per heavy atom. The predicted octanol–water partition coefficient (Wildman–Crippen LogP) is 3.48. The van der Waals surface area contributed by atoms with Crippen LogP contribution in [0.1, 0.15) is 31.0 Å². The van der Waals surface area contributed by atoms with Gasteiger partial charge in [-0.3, -0.25) is 9.36 Å². The highest BCUT2D eigenvalue weighted by Gasteiger charge is 2.35. The lowest BCUT2D eigenvalue weighted by Gasteiger charge is -2.25. The highest BCUT2D eigenvalue weighted by Crippen LogP contribution is 2.37.